The fourth-order valence-electron chi connectivity index (χ4n) is 5.26. The van der Waals surface area contributed by atoms with Crippen LogP contribution in [-0.2, 0) is 9.53 Å². The molecule has 1 amide bonds. The molecule has 0 aliphatic carbocycles. The molecule has 0 N–H and O–H groups in total. The van der Waals surface area contributed by atoms with Gasteiger partial charge in [0.15, 0.2) is 6.10 Å². The lowest BCUT2D eigenvalue weighted by atomic mass is 10.1. The van der Waals surface area contributed by atoms with E-state index >= 15 is 0 Å². The van der Waals surface area contributed by atoms with E-state index in [0.29, 0.717) is 36.6 Å². The summed E-state index contributed by atoms with van der Waals surface area (Å²) in [6.45, 7) is 5.66. The molecule has 8 nitrogen and oxygen atoms in total. The quantitative estimate of drug-likeness (QED) is 0.247. The predicted molar refractivity (Wildman–Crippen MR) is 155 cm³/mol. The van der Waals surface area contributed by atoms with Crippen molar-refractivity contribution in [3.8, 4) is 11.5 Å². The van der Waals surface area contributed by atoms with Gasteiger partial charge < -0.3 is 24.0 Å². The molecule has 0 radical (unpaired) electrons. The van der Waals surface area contributed by atoms with Crippen LogP contribution < -0.4 is 19.3 Å². The van der Waals surface area contributed by atoms with Gasteiger partial charge in [-0.05, 0) is 80.1 Å². The number of hydrogen-bond acceptors (Lipinski definition) is 7. The number of fused-ring (bicyclic) bond motifs is 1. The number of amides is 1. The molecule has 1 saturated heterocycles. The second kappa shape index (κ2) is 13.5. The molecule has 1 atom stereocenters. The summed E-state index contributed by atoms with van der Waals surface area (Å²) in [6, 6.07) is 21.1. The Morgan fingerprint density at radius 1 is 0.927 bits per heavy atom. The number of unbranched alkanes of at least 4 members (excludes halogenated alkanes) is 1. The molecule has 0 bridgehead atoms. The summed E-state index contributed by atoms with van der Waals surface area (Å²) in [5.74, 6) is 0.646. The third-order valence-corrected chi connectivity index (χ3v) is 7.56. The van der Waals surface area contributed by atoms with Gasteiger partial charge in [-0.2, -0.15) is 0 Å². The Labute approximate surface area is 240 Å². The van der Waals surface area contributed by atoms with Crippen LogP contribution in [0.3, 0.4) is 0 Å². The van der Waals surface area contributed by atoms with E-state index in [0.717, 1.165) is 56.9 Å². The SMILES string of the molecule is COC(=O)c1ccc(OCCC2Oc3ccccc3N(CCCCN3CCN(c4ccc(F)cc4)CC3)C2=O)cc1. The highest BCUT2D eigenvalue weighted by Gasteiger charge is 2.34. The number of anilines is 2. The number of benzene rings is 3. The highest BCUT2D eigenvalue weighted by atomic mass is 19.1. The molecule has 2 heterocycles. The summed E-state index contributed by atoms with van der Waals surface area (Å²) in [5, 5.41) is 0. The highest BCUT2D eigenvalue weighted by Crippen LogP contribution is 2.34. The summed E-state index contributed by atoms with van der Waals surface area (Å²) < 4.78 is 29.9. The number of carbonyl (C=O) groups excluding carboxylic acids is 2. The number of ether oxygens (including phenoxy) is 3. The van der Waals surface area contributed by atoms with Gasteiger partial charge in [0.2, 0.25) is 0 Å². The van der Waals surface area contributed by atoms with Crippen molar-refractivity contribution >= 4 is 23.3 Å². The van der Waals surface area contributed by atoms with Crippen LogP contribution in [0.25, 0.3) is 0 Å². The summed E-state index contributed by atoms with van der Waals surface area (Å²) in [6.07, 6.45) is 1.65. The Bertz CT molecular complexity index is 1310. The van der Waals surface area contributed by atoms with Crippen LogP contribution in [-0.4, -0.2) is 75.9 Å². The zero-order valence-electron chi connectivity index (χ0n) is 23.3. The fourth-order valence-corrected chi connectivity index (χ4v) is 5.26. The number of methoxy groups -OCH3 is 1. The van der Waals surface area contributed by atoms with Crippen molar-refractivity contribution in [2.24, 2.45) is 0 Å². The zero-order chi connectivity index (χ0) is 28.6. The molecular formula is C32H36FN3O5. The van der Waals surface area contributed by atoms with E-state index in [1.165, 1.54) is 19.2 Å². The molecule has 1 fully saturated rings. The molecule has 2 aliphatic heterocycles. The highest BCUT2D eigenvalue weighted by molar-refractivity contribution is 6.00. The largest absolute Gasteiger partial charge is 0.493 e. The predicted octanol–water partition coefficient (Wildman–Crippen LogP) is 4.78. The Kier molecular flexibility index (Phi) is 9.36. The number of halogens is 1. The molecule has 0 spiro atoms. The van der Waals surface area contributed by atoms with Crippen molar-refractivity contribution < 1.29 is 28.2 Å². The zero-order valence-corrected chi connectivity index (χ0v) is 23.3. The Balaban J connectivity index is 1.09. The van der Waals surface area contributed by atoms with Gasteiger partial charge in [0.05, 0.1) is 25.0 Å². The van der Waals surface area contributed by atoms with E-state index in [1.807, 2.05) is 41.3 Å². The maximum absolute atomic E-state index is 13.4. The number of hydrogen-bond donors (Lipinski definition) is 0. The average Bonchev–Trinajstić information content (AvgIpc) is 3.01. The maximum Gasteiger partial charge on any atom is 0.337 e. The molecular weight excluding hydrogens is 525 g/mol. The number of nitrogens with zero attached hydrogens (tertiary/aromatic N) is 3. The van der Waals surface area contributed by atoms with Gasteiger partial charge >= 0.3 is 5.97 Å². The van der Waals surface area contributed by atoms with E-state index in [-0.39, 0.29) is 11.7 Å². The summed E-state index contributed by atoms with van der Waals surface area (Å²) in [5.41, 5.74) is 2.32. The van der Waals surface area contributed by atoms with Crippen LogP contribution in [0.1, 0.15) is 29.6 Å². The van der Waals surface area contributed by atoms with Crippen molar-refractivity contribution in [3.05, 3.63) is 84.2 Å². The molecule has 41 heavy (non-hydrogen) atoms. The topological polar surface area (TPSA) is 71.6 Å². The number of para-hydroxylation sites is 2. The number of esters is 1. The van der Waals surface area contributed by atoms with Crippen LogP contribution in [0.2, 0.25) is 0 Å². The van der Waals surface area contributed by atoms with E-state index in [2.05, 4.69) is 9.80 Å². The lowest BCUT2D eigenvalue weighted by Gasteiger charge is -2.36. The van der Waals surface area contributed by atoms with Crippen molar-refractivity contribution in [1.29, 1.82) is 0 Å². The van der Waals surface area contributed by atoms with E-state index in [4.69, 9.17) is 14.2 Å². The first-order chi connectivity index (χ1) is 20.0. The van der Waals surface area contributed by atoms with E-state index in [1.54, 1.807) is 24.3 Å². The number of rotatable bonds is 11. The van der Waals surface area contributed by atoms with Crippen LogP contribution in [0, 0.1) is 5.82 Å². The molecule has 5 rings (SSSR count). The number of piperazine rings is 1. The van der Waals surface area contributed by atoms with Crippen molar-refractivity contribution in [3.63, 3.8) is 0 Å². The first-order valence-electron chi connectivity index (χ1n) is 14.1. The Morgan fingerprint density at radius 2 is 1.63 bits per heavy atom. The third-order valence-electron chi connectivity index (χ3n) is 7.56. The smallest absolute Gasteiger partial charge is 0.337 e. The lowest BCUT2D eigenvalue weighted by molar-refractivity contribution is -0.127. The van der Waals surface area contributed by atoms with Crippen molar-refractivity contribution in [1.82, 2.24) is 4.90 Å². The Hall–Kier alpha value is -4.11. The summed E-state index contributed by atoms with van der Waals surface area (Å²) in [4.78, 5) is 31.6. The van der Waals surface area contributed by atoms with Crippen molar-refractivity contribution in [2.45, 2.75) is 25.4 Å². The van der Waals surface area contributed by atoms with Crippen LogP contribution in [0.4, 0.5) is 15.8 Å². The molecule has 3 aromatic carbocycles. The minimum Gasteiger partial charge on any atom is -0.493 e. The lowest BCUT2D eigenvalue weighted by Crippen LogP contribution is -2.47. The van der Waals surface area contributed by atoms with Gasteiger partial charge in [0.1, 0.15) is 17.3 Å². The van der Waals surface area contributed by atoms with Crippen LogP contribution in [0.15, 0.2) is 72.8 Å². The molecule has 216 valence electrons. The van der Waals surface area contributed by atoms with Gasteiger partial charge in [-0.1, -0.05) is 12.1 Å². The van der Waals surface area contributed by atoms with Gasteiger partial charge in [-0.25, -0.2) is 9.18 Å². The fraction of sp³-hybridized carbons (Fsp3) is 0.375. The van der Waals surface area contributed by atoms with Gasteiger partial charge in [0.25, 0.3) is 5.91 Å². The normalized spacial score (nSPS) is 17.1. The molecule has 0 saturated carbocycles. The van der Waals surface area contributed by atoms with Gasteiger partial charge in [-0.15, -0.1) is 0 Å². The minimum absolute atomic E-state index is 0.0544. The van der Waals surface area contributed by atoms with Crippen LogP contribution >= 0.6 is 0 Å². The third kappa shape index (κ3) is 7.16. The Morgan fingerprint density at radius 3 is 2.37 bits per heavy atom. The average molecular weight is 562 g/mol. The molecule has 3 aromatic rings. The summed E-state index contributed by atoms with van der Waals surface area (Å²) >= 11 is 0. The van der Waals surface area contributed by atoms with Gasteiger partial charge in [0, 0.05) is 44.8 Å². The van der Waals surface area contributed by atoms with Crippen molar-refractivity contribution in [2.75, 3.05) is 62.8 Å². The number of carbonyl (C=O) groups is 2. The minimum atomic E-state index is -0.626. The monoisotopic (exact) mass is 561 g/mol. The second-order valence-corrected chi connectivity index (χ2v) is 10.2. The summed E-state index contributed by atoms with van der Waals surface area (Å²) in [7, 11) is 1.34. The molecule has 1 unspecified atom stereocenters. The first kappa shape index (κ1) is 28.4. The first-order valence-corrected chi connectivity index (χ1v) is 14.1. The molecule has 9 heteroatoms. The molecule has 2 aliphatic rings. The standard InChI is InChI=1S/C32H36FN3O5/c1-39-32(38)24-8-14-27(15-9-24)40-23-16-30-31(37)36(28-6-2-3-7-29(28)41-30)18-5-4-17-34-19-21-35(22-20-34)26-12-10-25(33)11-13-26/h2-3,6-15,30H,4-5,16-23H2,1H3. The van der Waals surface area contributed by atoms with Gasteiger partial charge in [-0.3, -0.25) is 9.69 Å². The maximum atomic E-state index is 13.4. The second-order valence-electron chi connectivity index (χ2n) is 10.2. The van der Waals surface area contributed by atoms with E-state index < -0.39 is 12.1 Å². The molecule has 0 aromatic heterocycles. The van der Waals surface area contributed by atoms with Crippen LogP contribution in [0.5, 0.6) is 11.5 Å². The van der Waals surface area contributed by atoms with E-state index in [9.17, 15) is 14.0 Å².